The minimum Gasteiger partial charge on any atom is -0.314 e. The molecule has 0 aliphatic heterocycles. The summed E-state index contributed by atoms with van der Waals surface area (Å²) in [5, 5.41) is 0. The van der Waals surface area contributed by atoms with E-state index in [-0.39, 0.29) is 16.7 Å². The van der Waals surface area contributed by atoms with Gasteiger partial charge >= 0.3 is 0 Å². The molecule has 0 saturated heterocycles. The Kier molecular flexibility index (Phi) is 3.93. The van der Waals surface area contributed by atoms with Crippen molar-refractivity contribution in [1.82, 2.24) is 0 Å². The molecule has 0 spiro atoms. The number of carbonyl (C=O) groups is 1. The van der Waals surface area contributed by atoms with Crippen LogP contribution >= 0.6 is 11.6 Å². The van der Waals surface area contributed by atoms with Crippen LogP contribution in [-0.4, -0.2) is 33.5 Å². The van der Waals surface area contributed by atoms with Gasteiger partial charge in [0.1, 0.15) is 5.88 Å². The number of nitrogens with zero attached hydrogens (tertiary/aromatic N) is 1. The Bertz CT molecular complexity index is 481. The lowest BCUT2D eigenvalue weighted by Gasteiger charge is -2.15. The highest BCUT2D eigenvalue weighted by Crippen LogP contribution is 2.17. The lowest BCUT2D eigenvalue weighted by Crippen LogP contribution is -2.27. The molecule has 1 aromatic rings. The van der Waals surface area contributed by atoms with Crippen LogP contribution in [0.1, 0.15) is 0 Å². The molecular formula is C10H12ClNO3S. The molecule has 0 atom stereocenters. The van der Waals surface area contributed by atoms with Crippen LogP contribution < -0.4 is 4.90 Å². The molecule has 0 aliphatic rings. The maximum Gasteiger partial charge on any atom is 0.241 e. The minimum absolute atomic E-state index is 0.107. The van der Waals surface area contributed by atoms with Crippen molar-refractivity contribution in [2.24, 2.45) is 0 Å². The van der Waals surface area contributed by atoms with Crippen molar-refractivity contribution in [2.75, 3.05) is 24.1 Å². The molecule has 0 fully saturated rings. The van der Waals surface area contributed by atoms with Crippen LogP contribution in [0.2, 0.25) is 0 Å². The third-order valence-corrected chi connectivity index (χ3v) is 3.50. The van der Waals surface area contributed by atoms with E-state index in [0.29, 0.717) is 5.69 Å². The second-order valence-corrected chi connectivity index (χ2v) is 5.64. The predicted octanol–water partition coefficient (Wildman–Crippen LogP) is 1.29. The van der Waals surface area contributed by atoms with E-state index in [1.54, 1.807) is 19.2 Å². The first-order chi connectivity index (χ1) is 7.36. The normalized spacial score (nSPS) is 11.2. The monoisotopic (exact) mass is 261 g/mol. The summed E-state index contributed by atoms with van der Waals surface area (Å²) >= 11 is 5.41. The minimum atomic E-state index is -3.20. The number of rotatable bonds is 3. The number of carbonyl (C=O) groups excluding carboxylic acids is 1. The average molecular weight is 262 g/mol. The summed E-state index contributed by atoms with van der Waals surface area (Å²) < 4.78 is 22.4. The van der Waals surface area contributed by atoms with E-state index < -0.39 is 9.84 Å². The molecule has 0 aromatic heterocycles. The molecule has 0 heterocycles. The molecule has 1 rings (SSSR count). The Balaban J connectivity index is 3.00. The van der Waals surface area contributed by atoms with Crippen LogP contribution in [0.25, 0.3) is 0 Å². The molecule has 6 heteroatoms. The third kappa shape index (κ3) is 2.96. The van der Waals surface area contributed by atoms with Crippen LogP contribution in [0, 0.1) is 0 Å². The lowest BCUT2D eigenvalue weighted by molar-refractivity contribution is -0.116. The van der Waals surface area contributed by atoms with Crippen molar-refractivity contribution in [3.05, 3.63) is 24.3 Å². The zero-order valence-corrected chi connectivity index (χ0v) is 10.5. The zero-order valence-electron chi connectivity index (χ0n) is 8.97. The molecule has 0 unspecified atom stereocenters. The van der Waals surface area contributed by atoms with E-state index in [2.05, 4.69) is 0 Å². The Hall–Kier alpha value is -1.07. The highest BCUT2D eigenvalue weighted by Gasteiger charge is 2.11. The van der Waals surface area contributed by atoms with E-state index in [1.165, 1.54) is 17.0 Å². The summed E-state index contributed by atoms with van der Waals surface area (Å²) in [5.74, 6) is -0.349. The molecule has 16 heavy (non-hydrogen) atoms. The van der Waals surface area contributed by atoms with Crippen molar-refractivity contribution in [3.63, 3.8) is 0 Å². The van der Waals surface area contributed by atoms with Gasteiger partial charge in [0.25, 0.3) is 0 Å². The zero-order chi connectivity index (χ0) is 12.3. The first-order valence-corrected chi connectivity index (χ1v) is 6.91. The number of halogens is 1. The Morgan fingerprint density at radius 3 is 2.19 bits per heavy atom. The number of sulfone groups is 1. The van der Waals surface area contributed by atoms with E-state index in [1.807, 2.05) is 0 Å². The van der Waals surface area contributed by atoms with E-state index in [9.17, 15) is 13.2 Å². The van der Waals surface area contributed by atoms with Gasteiger partial charge in [0.2, 0.25) is 5.91 Å². The van der Waals surface area contributed by atoms with Gasteiger partial charge in [-0.25, -0.2) is 8.42 Å². The summed E-state index contributed by atoms with van der Waals surface area (Å²) in [4.78, 5) is 12.9. The van der Waals surface area contributed by atoms with Crippen molar-refractivity contribution < 1.29 is 13.2 Å². The number of anilines is 1. The summed E-state index contributed by atoms with van der Waals surface area (Å²) in [7, 11) is -1.62. The summed E-state index contributed by atoms with van der Waals surface area (Å²) in [6, 6.07) is 6.06. The summed E-state index contributed by atoms with van der Waals surface area (Å²) in [6.07, 6.45) is 1.13. The fourth-order valence-electron chi connectivity index (χ4n) is 1.15. The average Bonchev–Trinajstić information content (AvgIpc) is 2.26. The van der Waals surface area contributed by atoms with E-state index in [0.717, 1.165) is 6.26 Å². The van der Waals surface area contributed by atoms with Crippen molar-refractivity contribution >= 4 is 33.0 Å². The fraction of sp³-hybridized carbons (Fsp3) is 0.300. The molecule has 0 aliphatic carbocycles. The topological polar surface area (TPSA) is 54.5 Å². The number of hydrogen-bond acceptors (Lipinski definition) is 3. The van der Waals surface area contributed by atoms with Gasteiger partial charge in [-0.15, -0.1) is 11.6 Å². The quantitative estimate of drug-likeness (QED) is 0.771. The maximum absolute atomic E-state index is 11.3. The van der Waals surface area contributed by atoms with Crippen molar-refractivity contribution in [3.8, 4) is 0 Å². The summed E-state index contributed by atoms with van der Waals surface area (Å²) in [5.41, 5.74) is 0.609. The largest absolute Gasteiger partial charge is 0.314 e. The fourth-order valence-corrected chi connectivity index (χ4v) is 1.96. The second kappa shape index (κ2) is 4.84. The van der Waals surface area contributed by atoms with Crippen LogP contribution in [0.3, 0.4) is 0 Å². The SMILES string of the molecule is CN(C(=O)CCl)c1ccc(S(C)(=O)=O)cc1. The predicted molar refractivity (Wildman–Crippen MR) is 63.7 cm³/mol. The Morgan fingerprint density at radius 1 is 1.31 bits per heavy atom. The van der Waals surface area contributed by atoms with Gasteiger partial charge in [0.05, 0.1) is 4.90 Å². The first kappa shape index (κ1) is 13.0. The van der Waals surface area contributed by atoms with E-state index >= 15 is 0 Å². The Morgan fingerprint density at radius 2 is 1.81 bits per heavy atom. The van der Waals surface area contributed by atoms with Gasteiger partial charge in [-0.2, -0.15) is 0 Å². The van der Waals surface area contributed by atoms with Crippen LogP contribution in [-0.2, 0) is 14.6 Å². The van der Waals surface area contributed by atoms with Crippen molar-refractivity contribution in [2.45, 2.75) is 4.90 Å². The molecule has 1 amide bonds. The van der Waals surface area contributed by atoms with Gasteiger partial charge in [0, 0.05) is 19.0 Å². The number of alkyl halides is 1. The maximum atomic E-state index is 11.3. The molecule has 4 nitrogen and oxygen atoms in total. The molecule has 0 N–H and O–H groups in total. The van der Waals surface area contributed by atoms with E-state index in [4.69, 9.17) is 11.6 Å². The summed E-state index contributed by atoms with van der Waals surface area (Å²) in [6.45, 7) is 0. The first-order valence-electron chi connectivity index (χ1n) is 4.49. The molecule has 1 aromatic carbocycles. The number of amides is 1. The number of benzene rings is 1. The molecule has 0 radical (unpaired) electrons. The molecule has 88 valence electrons. The molecular weight excluding hydrogens is 250 g/mol. The third-order valence-electron chi connectivity index (χ3n) is 2.14. The van der Waals surface area contributed by atoms with Crippen LogP contribution in [0.5, 0.6) is 0 Å². The molecule has 0 bridgehead atoms. The standard InChI is InChI=1S/C10H12ClNO3S/c1-12(10(13)7-11)8-3-5-9(6-4-8)16(2,14)15/h3-6H,7H2,1-2H3. The Labute approximate surface area is 99.7 Å². The highest BCUT2D eigenvalue weighted by atomic mass is 35.5. The van der Waals surface area contributed by atoms with Gasteiger partial charge in [-0.05, 0) is 24.3 Å². The lowest BCUT2D eigenvalue weighted by atomic mass is 10.3. The molecule has 0 saturated carbocycles. The van der Waals surface area contributed by atoms with Gasteiger partial charge in [-0.3, -0.25) is 4.79 Å². The number of hydrogen-bond donors (Lipinski definition) is 0. The van der Waals surface area contributed by atoms with Gasteiger partial charge < -0.3 is 4.90 Å². The smallest absolute Gasteiger partial charge is 0.241 e. The van der Waals surface area contributed by atoms with Crippen LogP contribution in [0.4, 0.5) is 5.69 Å². The van der Waals surface area contributed by atoms with Crippen LogP contribution in [0.15, 0.2) is 29.2 Å². The highest BCUT2D eigenvalue weighted by molar-refractivity contribution is 7.90. The van der Waals surface area contributed by atoms with Crippen molar-refractivity contribution in [1.29, 1.82) is 0 Å². The van der Waals surface area contributed by atoms with Gasteiger partial charge in [-0.1, -0.05) is 0 Å². The van der Waals surface area contributed by atoms with Gasteiger partial charge in [0.15, 0.2) is 9.84 Å². The second-order valence-electron chi connectivity index (χ2n) is 3.35.